The van der Waals surface area contributed by atoms with Gasteiger partial charge in [-0.05, 0) is 25.1 Å². The molecule has 1 aromatic heterocycles. The molecule has 1 aromatic carbocycles. The molecule has 3 nitrogen and oxygen atoms in total. The first-order valence-electron chi connectivity index (χ1n) is 5.21. The average Bonchev–Trinajstić information content (AvgIpc) is 2.63. The molecule has 3 heteroatoms. The molecule has 1 N–H and O–H groups in total. The van der Waals surface area contributed by atoms with Crippen LogP contribution < -0.4 is 0 Å². The number of carbonyl (C=O) groups is 1. The van der Waals surface area contributed by atoms with Gasteiger partial charge in [-0.1, -0.05) is 18.2 Å². The summed E-state index contributed by atoms with van der Waals surface area (Å²) in [6, 6.07) is 10.0. The molecule has 0 bridgehead atoms. The van der Waals surface area contributed by atoms with Crippen molar-refractivity contribution >= 4 is 22.9 Å². The molecule has 2 rings (SSSR count). The minimum atomic E-state index is -0.923. The van der Waals surface area contributed by atoms with E-state index in [0.717, 1.165) is 23.1 Å². The van der Waals surface area contributed by atoms with Crippen molar-refractivity contribution in [3.8, 4) is 0 Å². The number of carboxylic acids is 1. The van der Waals surface area contributed by atoms with Gasteiger partial charge in [-0.2, -0.15) is 0 Å². The number of hydrogen-bond acceptors (Lipinski definition) is 1. The molecule has 0 saturated heterocycles. The molecule has 0 radical (unpaired) electrons. The Balaban J connectivity index is 2.56. The van der Waals surface area contributed by atoms with Crippen LogP contribution in [-0.2, 0) is 11.3 Å². The molecule has 0 aliphatic carbocycles. The third-order valence-corrected chi connectivity index (χ3v) is 2.56. The van der Waals surface area contributed by atoms with Gasteiger partial charge in [-0.3, -0.25) is 0 Å². The predicted octanol–water partition coefficient (Wildman–Crippen LogP) is 2.76. The molecule has 0 aliphatic heterocycles. The minimum Gasteiger partial charge on any atom is -0.478 e. The molecule has 1 heterocycles. The summed E-state index contributed by atoms with van der Waals surface area (Å²) in [5.41, 5.74) is 2.06. The van der Waals surface area contributed by atoms with Gasteiger partial charge >= 0.3 is 5.97 Å². The molecule has 0 unspecified atom stereocenters. The molecule has 0 saturated carbocycles. The van der Waals surface area contributed by atoms with E-state index < -0.39 is 5.97 Å². The standard InChI is InChI=1S/C13H13NO2/c1-2-14-11(7-8-13(15)16)9-10-5-3-4-6-12(10)14/h3-9H,2H2,1H3,(H,15,16)/b8-7+. The zero-order valence-electron chi connectivity index (χ0n) is 9.05. The number of nitrogens with zero attached hydrogens (tertiary/aromatic N) is 1. The van der Waals surface area contributed by atoms with Crippen LogP contribution in [0.25, 0.3) is 17.0 Å². The van der Waals surface area contributed by atoms with Gasteiger partial charge in [0.15, 0.2) is 0 Å². The van der Waals surface area contributed by atoms with Crippen LogP contribution in [0.2, 0.25) is 0 Å². The first kappa shape index (κ1) is 10.5. The van der Waals surface area contributed by atoms with E-state index in [0.29, 0.717) is 0 Å². The highest BCUT2D eigenvalue weighted by Gasteiger charge is 2.04. The summed E-state index contributed by atoms with van der Waals surface area (Å²) in [5, 5.41) is 9.75. The summed E-state index contributed by atoms with van der Waals surface area (Å²) in [6.07, 6.45) is 2.80. The number of rotatable bonds is 3. The van der Waals surface area contributed by atoms with Crippen LogP contribution in [-0.4, -0.2) is 15.6 Å². The molecule has 0 fully saturated rings. The van der Waals surface area contributed by atoms with Crippen molar-refractivity contribution in [3.05, 3.63) is 42.1 Å². The number of aromatic nitrogens is 1. The molecule has 0 aliphatic rings. The molecule has 0 spiro atoms. The minimum absolute atomic E-state index is 0.826. The predicted molar refractivity (Wildman–Crippen MR) is 64.3 cm³/mol. The molecule has 2 aromatic rings. The Morgan fingerprint density at radius 1 is 1.44 bits per heavy atom. The first-order valence-corrected chi connectivity index (χ1v) is 5.21. The second-order valence-electron chi connectivity index (χ2n) is 3.54. The zero-order valence-corrected chi connectivity index (χ0v) is 9.05. The highest BCUT2D eigenvalue weighted by Crippen LogP contribution is 2.20. The molecule has 82 valence electrons. The highest BCUT2D eigenvalue weighted by molar-refractivity contribution is 5.88. The van der Waals surface area contributed by atoms with Crippen molar-refractivity contribution in [2.75, 3.05) is 0 Å². The number of hydrogen-bond donors (Lipinski definition) is 1. The van der Waals surface area contributed by atoms with Crippen LogP contribution >= 0.6 is 0 Å². The zero-order chi connectivity index (χ0) is 11.5. The summed E-state index contributed by atoms with van der Waals surface area (Å²) in [7, 11) is 0. The fourth-order valence-electron chi connectivity index (χ4n) is 1.88. The van der Waals surface area contributed by atoms with Crippen LogP contribution in [0.3, 0.4) is 0 Å². The Kier molecular flexibility index (Phi) is 2.77. The molecule has 0 amide bonds. The van der Waals surface area contributed by atoms with Crippen LogP contribution in [0.4, 0.5) is 0 Å². The van der Waals surface area contributed by atoms with E-state index in [-0.39, 0.29) is 0 Å². The van der Waals surface area contributed by atoms with E-state index in [2.05, 4.69) is 4.57 Å². The Morgan fingerprint density at radius 3 is 2.88 bits per heavy atom. The summed E-state index contributed by atoms with van der Waals surface area (Å²) in [6.45, 7) is 2.87. The van der Waals surface area contributed by atoms with Gasteiger partial charge in [-0.15, -0.1) is 0 Å². The molecular formula is C13H13NO2. The third-order valence-electron chi connectivity index (χ3n) is 2.56. The van der Waals surface area contributed by atoms with Gasteiger partial charge in [0.05, 0.1) is 0 Å². The lowest BCUT2D eigenvalue weighted by Gasteiger charge is -2.03. The Hall–Kier alpha value is -2.03. The van der Waals surface area contributed by atoms with Gasteiger partial charge in [0.25, 0.3) is 0 Å². The van der Waals surface area contributed by atoms with E-state index in [9.17, 15) is 4.79 Å². The monoisotopic (exact) mass is 215 g/mol. The fourth-order valence-corrected chi connectivity index (χ4v) is 1.88. The van der Waals surface area contributed by atoms with Crippen molar-refractivity contribution in [2.45, 2.75) is 13.5 Å². The van der Waals surface area contributed by atoms with Crippen molar-refractivity contribution in [1.29, 1.82) is 0 Å². The van der Waals surface area contributed by atoms with E-state index in [1.165, 1.54) is 6.08 Å². The molecule has 16 heavy (non-hydrogen) atoms. The largest absolute Gasteiger partial charge is 0.478 e. The lowest BCUT2D eigenvalue weighted by molar-refractivity contribution is -0.131. The highest BCUT2D eigenvalue weighted by atomic mass is 16.4. The summed E-state index contributed by atoms with van der Waals surface area (Å²) in [5.74, 6) is -0.923. The quantitative estimate of drug-likeness (QED) is 0.800. The third kappa shape index (κ3) is 1.84. The maximum atomic E-state index is 10.5. The maximum Gasteiger partial charge on any atom is 0.328 e. The normalized spacial score (nSPS) is 11.3. The van der Waals surface area contributed by atoms with Crippen LogP contribution in [0.1, 0.15) is 12.6 Å². The van der Waals surface area contributed by atoms with Crippen molar-refractivity contribution in [1.82, 2.24) is 4.57 Å². The van der Waals surface area contributed by atoms with Crippen LogP contribution in [0.5, 0.6) is 0 Å². The van der Waals surface area contributed by atoms with Crippen LogP contribution in [0.15, 0.2) is 36.4 Å². The number of fused-ring (bicyclic) bond motifs is 1. The Morgan fingerprint density at radius 2 is 2.19 bits per heavy atom. The first-order chi connectivity index (χ1) is 7.72. The van der Waals surface area contributed by atoms with Crippen molar-refractivity contribution in [2.24, 2.45) is 0 Å². The van der Waals surface area contributed by atoms with Crippen molar-refractivity contribution in [3.63, 3.8) is 0 Å². The maximum absolute atomic E-state index is 10.5. The van der Waals surface area contributed by atoms with Gasteiger partial charge in [0, 0.05) is 29.2 Å². The van der Waals surface area contributed by atoms with E-state index >= 15 is 0 Å². The average molecular weight is 215 g/mol. The number of carboxylic acid groups (broad SMARTS) is 1. The smallest absolute Gasteiger partial charge is 0.328 e. The molecular weight excluding hydrogens is 202 g/mol. The van der Waals surface area contributed by atoms with Gasteiger partial charge in [0.1, 0.15) is 0 Å². The van der Waals surface area contributed by atoms with E-state index in [1.807, 2.05) is 37.3 Å². The van der Waals surface area contributed by atoms with Gasteiger partial charge in [0.2, 0.25) is 0 Å². The SMILES string of the molecule is CCn1c(/C=C/C(=O)O)cc2ccccc21. The number of aryl methyl sites for hydroxylation is 1. The number of benzene rings is 1. The number of para-hydroxylation sites is 1. The fraction of sp³-hybridized carbons (Fsp3) is 0.154. The van der Waals surface area contributed by atoms with Crippen molar-refractivity contribution < 1.29 is 9.90 Å². The lowest BCUT2D eigenvalue weighted by Crippen LogP contribution is -1.96. The van der Waals surface area contributed by atoms with Gasteiger partial charge < -0.3 is 9.67 Å². The Labute approximate surface area is 93.6 Å². The summed E-state index contributed by atoms with van der Waals surface area (Å²) >= 11 is 0. The number of aliphatic carboxylic acids is 1. The lowest BCUT2D eigenvalue weighted by atomic mass is 10.2. The van der Waals surface area contributed by atoms with E-state index in [1.54, 1.807) is 6.08 Å². The van der Waals surface area contributed by atoms with Gasteiger partial charge in [-0.25, -0.2) is 4.79 Å². The summed E-state index contributed by atoms with van der Waals surface area (Å²) in [4.78, 5) is 10.5. The second kappa shape index (κ2) is 4.23. The molecule has 0 atom stereocenters. The van der Waals surface area contributed by atoms with Crippen LogP contribution in [0, 0.1) is 0 Å². The second-order valence-corrected chi connectivity index (χ2v) is 3.54. The summed E-state index contributed by atoms with van der Waals surface area (Å²) < 4.78 is 2.09. The van der Waals surface area contributed by atoms with E-state index in [4.69, 9.17) is 5.11 Å². The Bertz CT molecular complexity index is 552. The topological polar surface area (TPSA) is 42.2 Å².